The Balaban J connectivity index is 2.06. The Morgan fingerprint density at radius 1 is 1.07 bits per heavy atom. The van der Waals surface area contributed by atoms with Crippen molar-refractivity contribution in [3.05, 3.63) is 59.9 Å². The standard InChI is InChI=1S/C22H21N7/c1-14-10-17(12-19(25-14)28(3)4)20-21(16-7-5-6-15(11-16)13-23)27-29-9-8-18(24-2)26-22(20)29/h5-12H,1-4H3,(H,24,26). The van der Waals surface area contributed by atoms with E-state index in [9.17, 15) is 5.26 Å². The minimum atomic E-state index is 0.592. The van der Waals surface area contributed by atoms with E-state index in [1.807, 2.05) is 75.6 Å². The van der Waals surface area contributed by atoms with Gasteiger partial charge in [0.25, 0.3) is 0 Å². The lowest BCUT2D eigenvalue weighted by atomic mass is 10.00. The highest BCUT2D eigenvalue weighted by molar-refractivity contribution is 5.91. The quantitative estimate of drug-likeness (QED) is 0.578. The van der Waals surface area contributed by atoms with E-state index in [-0.39, 0.29) is 0 Å². The van der Waals surface area contributed by atoms with E-state index in [1.54, 1.807) is 10.6 Å². The monoisotopic (exact) mass is 383 g/mol. The van der Waals surface area contributed by atoms with Crippen molar-refractivity contribution in [2.24, 2.45) is 0 Å². The summed E-state index contributed by atoms with van der Waals surface area (Å²) in [6.45, 7) is 1.98. The van der Waals surface area contributed by atoms with Gasteiger partial charge in [-0.3, -0.25) is 0 Å². The summed E-state index contributed by atoms with van der Waals surface area (Å²) in [6, 6.07) is 15.6. The van der Waals surface area contributed by atoms with Gasteiger partial charge in [-0.25, -0.2) is 14.5 Å². The Kier molecular flexibility index (Phi) is 4.61. The molecule has 7 heteroatoms. The molecule has 0 aliphatic rings. The Hall–Kier alpha value is -3.92. The lowest BCUT2D eigenvalue weighted by Crippen LogP contribution is -2.11. The number of benzene rings is 1. The second-order valence-corrected chi connectivity index (χ2v) is 7.00. The van der Waals surface area contributed by atoms with Crippen molar-refractivity contribution in [1.29, 1.82) is 5.26 Å². The molecule has 1 N–H and O–H groups in total. The number of anilines is 2. The molecule has 0 aliphatic heterocycles. The number of nitrogens with one attached hydrogen (secondary N) is 1. The maximum absolute atomic E-state index is 9.33. The molecule has 4 aromatic rings. The molecule has 3 heterocycles. The van der Waals surface area contributed by atoms with E-state index in [4.69, 9.17) is 10.1 Å². The smallest absolute Gasteiger partial charge is 0.165 e. The Morgan fingerprint density at radius 3 is 2.62 bits per heavy atom. The number of nitrogens with zero attached hydrogens (tertiary/aromatic N) is 6. The number of nitriles is 1. The fraction of sp³-hybridized carbons (Fsp3) is 0.182. The van der Waals surface area contributed by atoms with Gasteiger partial charge in [0.05, 0.1) is 17.2 Å². The molecule has 144 valence electrons. The molecule has 0 bridgehead atoms. The average molecular weight is 383 g/mol. The molecule has 0 radical (unpaired) electrons. The normalized spacial score (nSPS) is 10.7. The zero-order valence-corrected chi connectivity index (χ0v) is 16.8. The summed E-state index contributed by atoms with van der Waals surface area (Å²) in [6.07, 6.45) is 1.89. The van der Waals surface area contributed by atoms with Gasteiger partial charge in [-0.05, 0) is 42.8 Å². The molecule has 0 fully saturated rings. The van der Waals surface area contributed by atoms with Crippen molar-refractivity contribution in [2.75, 3.05) is 31.4 Å². The van der Waals surface area contributed by atoms with Crippen LogP contribution in [0.5, 0.6) is 0 Å². The Bertz CT molecular complexity index is 1250. The summed E-state index contributed by atoms with van der Waals surface area (Å²) < 4.78 is 1.77. The summed E-state index contributed by atoms with van der Waals surface area (Å²) in [5.41, 5.74) is 5.78. The van der Waals surface area contributed by atoms with Crippen LogP contribution in [0.1, 0.15) is 11.3 Å². The van der Waals surface area contributed by atoms with E-state index in [0.717, 1.165) is 45.4 Å². The first-order valence-corrected chi connectivity index (χ1v) is 9.24. The zero-order valence-electron chi connectivity index (χ0n) is 16.8. The number of fused-ring (bicyclic) bond motifs is 1. The second kappa shape index (κ2) is 7.24. The average Bonchev–Trinajstić information content (AvgIpc) is 3.12. The predicted molar refractivity (Wildman–Crippen MR) is 115 cm³/mol. The lowest BCUT2D eigenvalue weighted by Gasteiger charge is -2.14. The molecular formula is C22H21N7. The maximum atomic E-state index is 9.33. The topological polar surface area (TPSA) is 82.1 Å². The summed E-state index contributed by atoms with van der Waals surface area (Å²) in [4.78, 5) is 11.3. The molecule has 1 aromatic carbocycles. The molecule has 0 amide bonds. The molecule has 0 unspecified atom stereocenters. The maximum Gasteiger partial charge on any atom is 0.165 e. The van der Waals surface area contributed by atoms with Crippen molar-refractivity contribution >= 4 is 17.3 Å². The van der Waals surface area contributed by atoms with Crippen molar-refractivity contribution in [3.8, 4) is 28.5 Å². The predicted octanol–water partition coefficient (Wildman–Crippen LogP) is 3.75. The fourth-order valence-corrected chi connectivity index (χ4v) is 3.30. The molecule has 0 atom stereocenters. The fourth-order valence-electron chi connectivity index (χ4n) is 3.30. The molecule has 3 aromatic heterocycles. The van der Waals surface area contributed by atoms with Crippen LogP contribution in [0.15, 0.2) is 48.7 Å². The number of aryl methyl sites for hydroxylation is 1. The van der Waals surface area contributed by atoms with E-state index in [2.05, 4.69) is 16.4 Å². The largest absolute Gasteiger partial charge is 0.373 e. The van der Waals surface area contributed by atoms with Crippen LogP contribution in [-0.2, 0) is 0 Å². The number of hydrogen-bond acceptors (Lipinski definition) is 6. The Labute approximate surface area is 169 Å². The third-order valence-electron chi connectivity index (χ3n) is 4.69. The van der Waals surface area contributed by atoms with Crippen LogP contribution < -0.4 is 10.2 Å². The summed E-state index contributed by atoms with van der Waals surface area (Å²) in [5.74, 6) is 1.62. The number of aromatic nitrogens is 4. The van der Waals surface area contributed by atoms with Crippen LogP contribution >= 0.6 is 0 Å². The molecule has 4 rings (SSSR count). The van der Waals surface area contributed by atoms with Crippen LogP contribution in [0, 0.1) is 18.3 Å². The van der Waals surface area contributed by atoms with Crippen molar-refractivity contribution in [1.82, 2.24) is 19.6 Å². The number of hydrogen-bond donors (Lipinski definition) is 1. The van der Waals surface area contributed by atoms with Gasteiger partial charge in [-0.1, -0.05) is 12.1 Å². The van der Waals surface area contributed by atoms with Gasteiger partial charge in [0.2, 0.25) is 0 Å². The first-order chi connectivity index (χ1) is 14.0. The van der Waals surface area contributed by atoms with Gasteiger partial charge in [-0.2, -0.15) is 10.4 Å². The third-order valence-corrected chi connectivity index (χ3v) is 4.69. The highest BCUT2D eigenvalue weighted by Crippen LogP contribution is 2.36. The number of pyridine rings is 1. The van der Waals surface area contributed by atoms with E-state index >= 15 is 0 Å². The first-order valence-electron chi connectivity index (χ1n) is 9.24. The SMILES string of the molecule is CNc1ccn2nc(-c3cccc(C#N)c3)c(-c3cc(C)nc(N(C)C)c3)c2n1. The Morgan fingerprint density at radius 2 is 1.90 bits per heavy atom. The van der Waals surface area contributed by atoms with Gasteiger partial charge < -0.3 is 10.2 Å². The van der Waals surface area contributed by atoms with Gasteiger partial charge in [0.1, 0.15) is 17.3 Å². The highest BCUT2D eigenvalue weighted by Gasteiger charge is 2.20. The molecule has 0 spiro atoms. The highest BCUT2D eigenvalue weighted by atomic mass is 15.3. The summed E-state index contributed by atoms with van der Waals surface area (Å²) >= 11 is 0. The van der Waals surface area contributed by atoms with Crippen LogP contribution in [0.4, 0.5) is 11.6 Å². The third kappa shape index (κ3) is 3.36. The van der Waals surface area contributed by atoms with E-state index in [1.165, 1.54) is 0 Å². The molecule has 7 nitrogen and oxygen atoms in total. The minimum absolute atomic E-state index is 0.592. The van der Waals surface area contributed by atoms with Crippen molar-refractivity contribution in [3.63, 3.8) is 0 Å². The molecule has 0 saturated carbocycles. The van der Waals surface area contributed by atoms with Gasteiger partial charge in [-0.15, -0.1) is 0 Å². The first kappa shape index (κ1) is 18.4. The van der Waals surface area contributed by atoms with Crippen molar-refractivity contribution < 1.29 is 0 Å². The van der Waals surface area contributed by atoms with Gasteiger partial charge in [0, 0.05) is 38.6 Å². The molecular weight excluding hydrogens is 362 g/mol. The lowest BCUT2D eigenvalue weighted by molar-refractivity contribution is 0.944. The van der Waals surface area contributed by atoms with Crippen LogP contribution in [0.25, 0.3) is 28.0 Å². The van der Waals surface area contributed by atoms with E-state index in [0.29, 0.717) is 5.56 Å². The van der Waals surface area contributed by atoms with Crippen LogP contribution in [-0.4, -0.2) is 40.7 Å². The summed E-state index contributed by atoms with van der Waals surface area (Å²) in [7, 11) is 5.78. The molecule has 0 aliphatic carbocycles. The molecule has 0 saturated heterocycles. The van der Waals surface area contributed by atoms with E-state index < -0.39 is 0 Å². The minimum Gasteiger partial charge on any atom is -0.373 e. The van der Waals surface area contributed by atoms with Gasteiger partial charge >= 0.3 is 0 Å². The number of rotatable bonds is 4. The van der Waals surface area contributed by atoms with Crippen LogP contribution in [0.3, 0.4) is 0 Å². The zero-order chi connectivity index (χ0) is 20.5. The van der Waals surface area contributed by atoms with Crippen LogP contribution in [0.2, 0.25) is 0 Å². The summed E-state index contributed by atoms with van der Waals surface area (Å²) in [5, 5.41) is 17.2. The second-order valence-electron chi connectivity index (χ2n) is 7.00. The van der Waals surface area contributed by atoms with Crippen molar-refractivity contribution in [2.45, 2.75) is 6.92 Å². The van der Waals surface area contributed by atoms with Gasteiger partial charge in [0.15, 0.2) is 5.65 Å². The molecule has 29 heavy (non-hydrogen) atoms.